The molecule has 0 aromatic heterocycles. The number of amides is 1. The van der Waals surface area contributed by atoms with Gasteiger partial charge >= 0.3 is 0 Å². The van der Waals surface area contributed by atoms with Crippen molar-refractivity contribution in [3.8, 4) is 11.5 Å². The van der Waals surface area contributed by atoms with E-state index in [1.807, 2.05) is 25.1 Å². The number of rotatable bonds is 3. The maximum absolute atomic E-state index is 13.3. The van der Waals surface area contributed by atoms with Crippen LogP contribution >= 0.6 is 15.9 Å². The van der Waals surface area contributed by atoms with Crippen LogP contribution in [0.2, 0.25) is 0 Å². The summed E-state index contributed by atoms with van der Waals surface area (Å²) >= 11 is 3.26. The summed E-state index contributed by atoms with van der Waals surface area (Å²) in [5.41, 5.74) is 1.14. The van der Waals surface area contributed by atoms with Crippen LogP contribution < -0.4 is 14.8 Å². The summed E-state index contributed by atoms with van der Waals surface area (Å²) in [5, 5.41) is 2.86. The molecule has 120 valence electrons. The second kappa shape index (κ2) is 6.58. The van der Waals surface area contributed by atoms with Crippen molar-refractivity contribution in [2.24, 2.45) is 0 Å². The molecule has 0 saturated carbocycles. The Morgan fingerprint density at radius 2 is 1.91 bits per heavy atom. The quantitative estimate of drug-likeness (QED) is 0.880. The highest BCUT2D eigenvalue weighted by atomic mass is 79.9. The second-order valence-electron chi connectivity index (χ2n) is 5.22. The van der Waals surface area contributed by atoms with E-state index in [4.69, 9.17) is 9.47 Å². The minimum absolute atomic E-state index is 0.256. The van der Waals surface area contributed by atoms with E-state index in [2.05, 4.69) is 21.2 Å². The average Bonchev–Trinajstić information content (AvgIpc) is 2.56. The van der Waals surface area contributed by atoms with E-state index in [0.29, 0.717) is 29.2 Å². The van der Waals surface area contributed by atoms with Crippen LogP contribution in [0.1, 0.15) is 28.9 Å². The molecule has 6 heteroatoms. The van der Waals surface area contributed by atoms with Gasteiger partial charge in [0.05, 0.1) is 11.6 Å². The van der Waals surface area contributed by atoms with E-state index in [0.717, 1.165) is 5.56 Å². The molecule has 1 amide bonds. The van der Waals surface area contributed by atoms with E-state index < -0.39 is 5.82 Å². The predicted molar refractivity (Wildman–Crippen MR) is 87.4 cm³/mol. The molecular weight excluding hydrogens is 365 g/mol. The van der Waals surface area contributed by atoms with Crippen molar-refractivity contribution < 1.29 is 18.7 Å². The highest BCUT2D eigenvalue weighted by molar-refractivity contribution is 9.10. The fraction of sp³-hybridized carbons (Fsp3) is 0.235. The van der Waals surface area contributed by atoms with Gasteiger partial charge in [-0.05, 0) is 58.7 Å². The zero-order valence-electron chi connectivity index (χ0n) is 12.4. The normalized spacial score (nSPS) is 14.2. The van der Waals surface area contributed by atoms with Gasteiger partial charge in [0.15, 0.2) is 11.5 Å². The van der Waals surface area contributed by atoms with E-state index in [9.17, 15) is 9.18 Å². The molecule has 0 bridgehead atoms. The number of halogens is 2. The van der Waals surface area contributed by atoms with E-state index in [1.165, 1.54) is 18.2 Å². The van der Waals surface area contributed by atoms with Gasteiger partial charge in [0, 0.05) is 4.47 Å². The van der Waals surface area contributed by atoms with Gasteiger partial charge in [-0.25, -0.2) is 4.39 Å². The van der Waals surface area contributed by atoms with Crippen molar-refractivity contribution in [2.75, 3.05) is 13.2 Å². The smallest absolute Gasteiger partial charge is 0.253 e. The molecule has 1 N–H and O–H groups in total. The summed E-state index contributed by atoms with van der Waals surface area (Å²) in [7, 11) is 0. The fourth-order valence-corrected chi connectivity index (χ4v) is 2.79. The molecule has 1 heterocycles. The first-order valence-electron chi connectivity index (χ1n) is 7.20. The molecule has 0 spiro atoms. The van der Waals surface area contributed by atoms with Gasteiger partial charge in [0.25, 0.3) is 5.91 Å². The molecule has 1 aliphatic rings. The number of hydrogen-bond acceptors (Lipinski definition) is 3. The van der Waals surface area contributed by atoms with Crippen molar-refractivity contribution in [3.05, 3.63) is 57.8 Å². The second-order valence-corrected chi connectivity index (χ2v) is 6.08. The highest BCUT2D eigenvalue weighted by Gasteiger charge is 2.18. The van der Waals surface area contributed by atoms with Crippen LogP contribution in [0.25, 0.3) is 0 Å². The number of ether oxygens (including phenoxy) is 2. The number of carbonyl (C=O) groups excluding carboxylic acids is 1. The summed E-state index contributed by atoms with van der Waals surface area (Å²) < 4.78 is 24.9. The van der Waals surface area contributed by atoms with Crippen LogP contribution in [0.15, 0.2) is 40.9 Å². The third kappa shape index (κ3) is 3.47. The molecule has 1 unspecified atom stereocenters. The molecule has 2 aromatic rings. The van der Waals surface area contributed by atoms with Crippen LogP contribution in [0.3, 0.4) is 0 Å². The number of carbonyl (C=O) groups is 1. The Kier molecular flexibility index (Phi) is 4.52. The lowest BCUT2D eigenvalue weighted by Crippen LogP contribution is -2.27. The third-order valence-corrected chi connectivity index (χ3v) is 4.28. The van der Waals surface area contributed by atoms with Crippen molar-refractivity contribution in [1.29, 1.82) is 0 Å². The molecule has 4 nitrogen and oxygen atoms in total. The fourth-order valence-electron chi connectivity index (χ4n) is 2.36. The molecule has 0 aliphatic carbocycles. The number of fused-ring (bicyclic) bond motifs is 1. The monoisotopic (exact) mass is 379 g/mol. The minimum Gasteiger partial charge on any atom is -0.486 e. The Labute approximate surface area is 141 Å². The maximum atomic E-state index is 13.3. The van der Waals surface area contributed by atoms with Gasteiger partial charge in [-0.2, -0.15) is 0 Å². The number of benzene rings is 2. The average molecular weight is 380 g/mol. The van der Waals surface area contributed by atoms with Gasteiger partial charge in [0.2, 0.25) is 0 Å². The molecular formula is C17H15BrFNO3. The Morgan fingerprint density at radius 3 is 2.70 bits per heavy atom. The maximum Gasteiger partial charge on any atom is 0.253 e. The lowest BCUT2D eigenvalue weighted by Gasteiger charge is -2.21. The molecule has 3 rings (SSSR count). The Hall–Kier alpha value is -2.08. The van der Waals surface area contributed by atoms with Crippen LogP contribution in [0.5, 0.6) is 11.5 Å². The molecule has 0 radical (unpaired) electrons. The van der Waals surface area contributed by atoms with Gasteiger partial charge in [-0.1, -0.05) is 6.07 Å². The van der Waals surface area contributed by atoms with Crippen LogP contribution in [-0.2, 0) is 0 Å². The summed E-state index contributed by atoms with van der Waals surface area (Å²) in [6.45, 7) is 2.90. The molecule has 0 saturated heterocycles. The predicted octanol–water partition coefficient (Wildman–Crippen LogP) is 3.85. The van der Waals surface area contributed by atoms with Gasteiger partial charge in [-0.3, -0.25) is 4.79 Å². The van der Waals surface area contributed by atoms with Crippen molar-refractivity contribution in [2.45, 2.75) is 13.0 Å². The number of nitrogens with one attached hydrogen (secondary N) is 1. The van der Waals surface area contributed by atoms with Crippen LogP contribution in [0, 0.1) is 5.82 Å². The van der Waals surface area contributed by atoms with E-state index in [1.54, 1.807) is 0 Å². The summed E-state index contributed by atoms with van der Waals surface area (Å²) in [6.07, 6.45) is 0. The zero-order chi connectivity index (χ0) is 16.4. The van der Waals surface area contributed by atoms with Gasteiger partial charge in [-0.15, -0.1) is 0 Å². The Balaban J connectivity index is 1.77. The molecule has 23 heavy (non-hydrogen) atoms. The van der Waals surface area contributed by atoms with Crippen molar-refractivity contribution >= 4 is 21.8 Å². The van der Waals surface area contributed by atoms with Gasteiger partial charge in [0.1, 0.15) is 19.0 Å². The lowest BCUT2D eigenvalue weighted by molar-refractivity contribution is 0.0938. The lowest BCUT2D eigenvalue weighted by atomic mass is 10.1. The molecule has 1 atom stereocenters. The largest absolute Gasteiger partial charge is 0.486 e. The van der Waals surface area contributed by atoms with Gasteiger partial charge < -0.3 is 14.8 Å². The topological polar surface area (TPSA) is 47.6 Å². The summed E-state index contributed by atoms with van der Waals surface area (Å²) in [5.74, 6) is 0.567. The first-order chi connectivity index (χ1) is 11.0. The zero-order valence-corrected chi connectivity index (χ0v) is 14.0. The highest BCUT2D eigenvalue weighted by Crippen LogP contribution is 2.32. The van der Waals surface area contributed by atoms with Crippen LogP contribution in [0.4, 0.5) is 4.39 Å². The van der Waals surface area contributed by atoms with E-state index >= 15 is 0 Å². The standard InChI is InChI=1S/C17H15BrFNO3/c1-10(11-2-5-15-16(8-11)23-7-6-22-15)20-17(21)13-9-12(19)3-4-14(13)18/h2-5,8-10H,6-7H2,1H3,(H,20,21). The SMILES string of the molecule is CC(NC(=O)c1cc(F)ccc1Br)c1ccc2c(c1)OCCO2. The third-order valence-electron chi connectivity index (χ3n) is 3.59. The first-order valence-corrected chi connectivity index (χ1v) is 7.99. The van der Waals surface area contributed by atoms with E-state index in [-0.39, 0.29) is 17.5 Å². The van der Waals surface area contributed by atoms with Crippen molar-refractivity contribution in [3.63, 3.8) is 0 Å². The van der Waals surface area contributed by atoms with Crippen LogP contribution in [-0.4, -0.2) is 19.1 Å². The minimum atomic E-state index is -0.453. The summed E-state index contributed by atoms with van der Waals surface area (Å²) in [4.78, 5) is 12.3. The molecule has 0 fully saturated rings. The number of hydrogen-bond donors (Lipinski definition) is 1. The van der Waals surface area contributed by atoms with Crippen molar-refractivity contribution in [1.82, 2.24) is 5.32 Å². The summed E-state index contributed by atoms with van der Waals surface area (Å²) in [6, 6.07) is 9.30. The molecule has 2 aromatic carbocycles. The Bertz CT molecular complexity index is 751. The molecule has 1 aliphatic heterocycles. The first kappa shape index (κ1) is 15.8. The Morgan fingerprint density at radius 1 is 1.17 bits per heavy atom.